The largest absolute Gasteiger partial charge is 0.352 e. The molecule has 1 aromatic rings. The smallest absolute Gasteiger partial charge is 0.312 e. The highest BCUT2D eigenvalue weighted by molar-refractivity contribution is 5.94. The molecule has 0 heterocycles. The van der Waals surface area contributed by atoms with Gasteiger partial charge in [-0.05, 0) is 30.5 Å². The summed E-state index contributed by atoms with van der Waals surface area (Å²) in [6, 6.07) is 7.12. The molecule has 21 heavy (non-hydrogen) atoms. The molecule has 0 bridgehead atoms. The first-order chi connectivity index (χ1) is 10.1. The van der Waals surface area contributed by atoms with Crippen molar-refractivity contribution in [1.82, 2.24) is 10.2 Å². The molecule has 0 aliphatic heterocycles. The van der Waals surface area contributed by atoms with Crippen molar-refractivity contribution in [3.63, 3.8) is 0 Å². The van der Waals surface area contributed by atoms with Crippen LogP contribution in [0.2, 0.25) is 0 Å². The molecule has 3 N–H and O–H groups in total. The summed E-state index contributed by atoms with van der Waals surface area (Å²) in [4.78, 5) is 25.0. The number of benzene rings is 1. The van der Waals surface area contributed by atoms with Crippen molar-refractivity contribution in [2.75, 3.05) is 7.05 Å². The van der Waals surface area contributed by atoms with E-state index in [-0.39, 0.29) is 5.91 Å². The highest BCUT2D eigenvalue weighted by Gasteiger charge is 2.22. The summed E-state index contributed by atoms with van der Waals surface area (Å²) in [5, 5.41) is 2.53. The minimum atomic E-state index is -0.549. The Balaban J connectivity index is 1.96. The number of nitrogens with two attached hydrogens (primary N) is 1. The summed E-state index contributed by atoms with van der Waals surface area (Å²) >= 11 is 0. The summed E-state index contributed by atoms with van der Waals surface area (Å²) in [5.74, 6) is 0.0660. The Kier molecular flexibility index (Phi) is 5.20. The first-order valence-corrected chi connectivity index (χ1v) is 7.47. The van der Waals surface area contributed by atoms with Gasteiger partial charge in [-0.25, -0.2) is 4.79 Å². The molecule has 2 rings (SSSR count). The average molecular weight is 289 g/mol. The molecule has 5 nitrogen and oxygen atoms in total. The molecule has 0 saturated heterocycles. The number of urea groups is 1. The van der Waals surface area contributed by atoms with Crippen molar-refractivity contribution in [2.24, 2.45) is 5.73 Å². The topological polar surface area (TPSA) is 75.4 Å². The van der Waals surface area contributed by atoms with Gasteiger partial charge in [0, 0.05) is 25.2 Å². The Bertz CT molecular complexity index is 493. The SMILES string of the molecule is CN(C(=O)c1ccc(CNC(N)=O)cc1)C1CCCCC1. The Morgan fingerprint density at radius 3 is 2.38 bits per heavy atom. The highest BCUT2D eigenvalue weighted by atomic mass is 16.2. The van der Waals surface area contributed by atoms with Gasteiger partial charge in [0.1, 0.15) is 0 Å². The fraction of sp³-hybridized carbons (Fsp3) is 0.500. The van der Waals surface area contributed by atoms with Gasteiger partial charge in [-0.15, -0.1) is 0 Å². The maximum absolute atomic E-state index is 12.5. The average Bonchev–Trinajstić information content (AvgIpc) is 2.53. The van der Waals surface area contributed by atoms with Crippen molar-refractivity contribution in [3.05, 3.63) is 35.4 Å². The first-order valence-electron chi connectivity index (χ1n) is 7.47. The summed E-state index contributed by atoms with van der Waals surface area (Å²) in [6.07, 6.45) is 5.89. The first kappa shape index (κ1) is 15.4. The molecule has 5 heteroatoms. The van der Waals surface area contributed by atoms with E-state index < -0.39 is 6.03 Å². The van der Waals surface area contributed by atoms with Gasteiger partial charge in [0.2, 0.25) is 0 Å². The summed E-state index contributed by atoms with van der Waals surface area (Å²) in [5.41, 5.74) is 6.64. The van der Waals surface area contributed by atoms with Crippen molar-refractivity contribution in [2.45, 2.75) is 44.7 Å². The molecule has 1 aliphatic rings. The van der Waals surface area contributed by atoms with Crippen LogP contribution >= 0.6 is 0 Å². The van der Waals surface area contributed by atoms with Crippen molar-refractivity contribution < 1.29 is 9.59 Å². The number of rotatable bonds is 4. The molecule has 1 aliphatic carbocycles. The number of amides is 3. The minimum Gasteiger partial charge on any atom is -0.352 e. The van der Waals surface area contributed by atoms with E-state index in [2.05, 4.69) is 5.32 Å². The fourth-order valence-corrected chi connectivity index (χ4v) is 2.79. The maximum atomic E-state index is 12.5. The molecule has 0 atom stereocenters. The van der Waals surface area contributed by atoms with E-state index in [1.807, 2.05) is 24.1 Å². The molecule has 0 aromatic heterocycles. The highest BCUT2D eigenvalue weighted by Crippen LogP contribution is 2.22. The third-order valence-corrected chi connectivity index (χ3v) is 4.11. The maximum Gasteiger partial charge on any atom is 0.312 e. The molecule has 0 radical (unpaired) electrons. The van der Waals surface area contributed by atoms with Crippen LogP contribution in [0.1, 0.15) is 48.0 Å². The van der Waals surface area contributed by atoms with Gasteiger partial charge in [-0.2, -0.15) is 0 Å². The van der Waals surface area contributed by atoms with Gasteiger partial charge in [-0.3, -0.25) is 4.79 Å². The van der Waals surface area contributed by atoms with E-state index in [9.17, 15) is 9.59 Å². The van der Waals surface area contributed by atoms with Crippen molar-refractivity contribution in [1.29, 1.82) is 0 Å². The fourth-order valence-electron chi connectivity index (χ4n) is 2.79. The zero-order valence-electron chi connectivity index (χ0n) is 12.5. The van der Waals surface area contributed by atoms with Crippen molar-refractivity contribution >= 4 is 11.9 Å². The second kappa shape index (κ2) is 7.11. The van der Waals surface area contributed by atoms with Gasteiger partial charge in [0.15, 0.2) is 0 Å². The molecule has 1 fully saturated rings. The zero-order chi connectivity index (χ0) is 15.2. The molecule has 1 aromatic carbocycles. The lowest BCUT2D eigenvalue weighted by Crippen LogP contribution is -2.38. The second-order valence-corrected chi connectivity index (χ2v) is 5.62. The number of carbonyl (C=O) groups excluding carboxylic acids is 2. The van der Waals surface area contributed by atoms with Crippen LogP contribution < -0.4 is 11.1 Å². The molecular formula is C16H23N3O2. The van der Waals surface area contributed by atoms with E-state index in [1.165, 1.54) is 19.3 Å². The number of hydrogen-bond acceptors (Lipinski definition) is 2. The number of carbonyl (C=O) groups is 2. The van der Waals surface area contributed by atoms with Crippen LogP contribution in [0.4, 0.5) is 4.79 Å². The van der Waals surface area contributed by atoms with Gasteiger partial charge >= 0.3 is 6.03 Å². The van der Waals surface area contributed by atoms with Gasteiger partial charge in [0.05, 0.1) is 0 Å². The lowest BCUT2D eigenvalue weighted by Gasteiger charge is -2.31. The van der Waals surface area contributed by atoms with Crippen LogP contribution in [0.3, 0.4) is 0 Å². The van der Waals surface area contributed by atoms with Crippen LogP contribution in [-0.2, 0) is 6.54 Å². The Morgan fingerprint density at radius 2 is 1.81 bits per heavy atom. The van der Waals surface area contributed by atoms with E-state index in [0.29, 0.717) is 18.2 Å². The van der Waals surface area contributed by atoms with Crippen LogP contribution in [0.5, 0.6) is 0 Å². The predicted octanol–water partition coefficient (Wildman–Crippen LogP) is 2.26. The van der Waals surface area contributed by atoms with E-state index in [4.69, 9.17) is 5.73 Å². The normalized spacial score (nSPS) is 15.5. The molecular weight excluding hydrogens is 266 g/mol. The molecule has 1 saturated carbocycles. The summed E-state index contributed by atoms with van der Waals surface area (Å²) < 4.78 is 0. The second-order valence-electron chi connectivity index (χ2n) is 5.62. The Morgan fingerprint density at radius 1 is 1.19 bits per heavy atom. The van der Waals surface area contributed by atoms with Crippen LogP contribution in [0.25, 0.3) is 0 Å². The number of hydrogen-bond donors (Lipinski definition) is 2. The molecule has 0 spiro atoms. The molecule has 3 amide bonds. The standard InChI is InChI=1S/C16H23N3O2/c1-19(14-5-3-2-4-6-14)15(20)13-9-7-12(8-10-13)11-18-16(17)21/h7-10,14H,2-6,11H2,1H3,(H3,17,18,21). The third-order valence-electron chi connectivity index (χ3n) is 4.11. The lowest BCUT2D eigenvalue weighted by atomic mass is 9.94. The monoisotopic (exact) mass is 289 g/mol. The van der Waals surface area contributed by atoms with Crippen molar-refractivity contribution in [3.8, 4) is 0 Å². The molecule has 114 valence electrons. The van der Waals surface area contributed by atoms with Gasteiger partial charge in [-0.1, -0.05) is 31.4 Å². The quantitative estimate of drug-likeness (QED) is 0.892. The molecule has 0 unspecified atom stereocenters. The lowest BCUT2D eigenvalue weighted by molar-refractivity contribution is 0.0696. The number of primary amides is 1. The van der Waals surface area contributed by atoms with E-state index in [0.717, 1.165) is 18.4 Å². The summed E-state index contributed by atoms with van der Waals surface area (Å²) in [6.45, 7) is 0.377. The van der Waals surface area contributed by atoms with Crippen LogP contribution in [0.15, 0.2) is 24.3 Å². The van der Waals surface area contributed by atoms with Crippen LogP contribution in [-0.4, -0.2) is 29.9 Å². The van der Waals surface area contributed by atoms with E-state index >= 15 is 0 Å². The van der Waals surface area contributed by atoms with E-state index in [1.54, 1.807) is 12.1 Å². The zero-order valence-corrected chi connectivity index (χ0v) is 12.5. The predicted molar refractivity (Wildman–Crippen MR) is 81.8 cm³/mol. The number of nitrogens with zero attached hydrogens (tertiary/aromatic N) is 1. The minimum absolute atomic E-state index is 0.0660. The van der Waals surface area contributed by atoms with Gasteiger partial charge in [0.25, 0.3) is 5.91 Å². The third kappa shape index (κ3) is 4.21. The van der Waals surface area contributed by atoms with Crippen LogP contribution in [0, 0.1) is 0 Å². The Labute approximate surface area is 125 Å². The summed E-state index contributed by atoms with van der Waals surface area (Å²) in [7, 11) is 1.89. The Hall–Kier alpha value is -2.04. The van der Waals surface area contributed by atoms with Gasteiger partial charge < -0.3 is 16.0 Å². The number of nitrogens with one attached hydrogen (secondary N) is 1.